The van der Waals surface area contributed by atoms with Crippen molar-refractivity contribution in [1.29, 1.82) is 0 Å². The van der Waals surface area contributed by atoms with Gasteiger partial charge in [0.1, 0.15) is 0 Å². The van der Waals surface area contributed by atoms with Crippen molar-refractivity contribution >= 4 is 32.3 Å². The fourth-order valence-electron chi connectivity index (χ4n) is 4.63. The third-order valence-corrected chi connectivity index (χ3v) is 8.04. The van der Waals surface area contributed by atoms with Crippen molar-refractivity contribution in [2.45, 2.75) is 17.4 Å². The number of fused-ring (bicyclic) bond motifs is 1. The van der Waals surface area contributed by atoms with Crippen LogP contribution in [0, 0.1) is 0 Å². The minimum Gasteiger partial charge on any atom is -0.380 e. The van der Waals surface area contributed by atoms with E-state index in [2.05, 4.69) is 21.2 Å². The van der Waals surface area contributed by atoms with E-state index in [4.69, 9.17) is 4.74 Å². The van der Waals surface area contributed by atoms with Crippen LogP contribution in [-0.2, 0) is 14.8 Å². The molecule has 1 aromatic heterocycles. The third-order valence-electron chi connectivity index (χ3n) is 6.35. The van der Waals surface area contributed by atoms with E-state index in [1.165, 1.54) is 3.97 Å². The number of hydrogen-bond acceptors (Lipinski definition) is 6. The number of anilines is 2. The highest BCUT2D eigenvalue weighted by atomic mass is 32.2. The average Bonchev–Trinajstić information content (AvgIpc) is 3.47. The van der Waals surface area contributed by atoms with E-state index < -0.39 is 10.0 Å². The van der Waals surface area contributed by atoms with Crippen molar-refractivity contribution in [3.05, 3.63) is 54.7 Å². The van der Waals surface area contributed by atoms with Gasteiger partial charge in [-0.1, -0.05) is 12.1 Å². The summed E-state index contributed by atoms with van der Waals surface area (Å²) in [5.74, 6) is 0. The van der Waals surface area contributed by atoms with Crippen LogP contribution in [0.2, 0.25) is 0 Å². The summed E-state index contributed by atoms with van der Waals surface area (Å²) < 4.78 is 34.0. The number of nitrogens with zero attached hydrogens (tertiary/aromatic N) is 3. The average molecular weight is 441 g/mol. The zero-order valence-electron chi connectivity index (χ0n) is 17.7. The summed E-state index contributed by atoms with van der Waals surface area (Å²) >= 11 is 0. The van der Waals surface area contributed by atoms with E-state index in [9.17, 15) is 8.42 Å². The van der Waals surface area contributed by atoms with Gasteiger partial charge in [-0.15, -0.1) is 0 Å². The van der Waals surface area contributed by atoms with E-state index in [0.29, 0.717) is 10.4 Å². The van der Waals surface area contributed by atoms with Crippen molar-refractivity contribution in [2.24, 2.45) is 0 Å². The molecular formula is C23H28N4O3S. The Morgan fingerprint density at radius 3 is 2.58 bits per heavy atom. The molecule has 0 saturated carbocycles. The number of ether oxygens (including phenoxy) is 1. The molecule has 2 aliphatic heterocycles. The topological polar surface area (TPSA) is 66.8 Å². The van der Waals surface area contributed by atoms with Crippen LogP contribution in [0.1, 0.15) is 6.42 Å². The molecule has 1 atom stereocenters. The molecule has 7 nitrogen and oxygen atoms in total. The summed E-state index contributed by atoms with van der Waals surface area (Å²) in [4.78, 5) is 4.80. The lowest BCUT2D eigenvalue weighted by Crippen LogP contribution is -2.43. The quantitative estimate of drug-likeness (QED) is 0.658. The SMILES string of the molecule is CO[C@@H]1CCN(c2cccc(S(=O)(=O)n3ccc4c(N5CCNCC5)cccc43)c2)C1. The van der Waals surface area contributed by atoms with Crippen LogP contribution in [0.5, 0.6) is 0 Å². The minimum absolute atomic E-state index is 0.192. The lowest BCUT2D eigenvalue weighted by Gasteiger charge is -2.30. The van der Waals surface area contributed by atoms with Gasteiger partial charge in [0.15, 0.2) is 0 Å². The van der Waals surface area contributed by atoms with E-state index >= 15 is 0 Å². The molecule has 0 unspecified atom stereocenters. The predicted octanol–water partition coefficient (Wildman–Crippen LogP) is 2.51. The Balaban J connectivity index is 1.51. The van der Waals surface area contributed by atoms with Gasteiger partial charge in [0.05, 0.1) is 16.5 Å². The van der Waals surface area contributed by atoms with Crippen molar-refractivity contribution in [1.82, 2.24) is 9.29 Å². The minimum atomic E-state index is -3.71. The number of nitrogens with one attached hydrogen (secondary N) is 1. The fraction of sp³-hybridized carbons (Fsp3) is 0.391. The van der Waals surface area contributed by atoms with Crippen molar-refractivity contribution in [2.75, 3.05) is 56.2 Å². The molecule has 164 valence electrons. The lowest BCUT2D eigenvalue weighted by molar-refractivity contribution is 0.121. The summed E-state index contributed by atoms with van der Waals surface area (Å²) in [6, 6.07) is 15.0. The van der Waals surface area contributed by atoms with Gasteiger partial charge in [-0.3, -0.25) is 0 Å². The van der Waals surface area contributed by atoms with Crippen LogP contribution in [0.3, 0.4) is 0 Å². The zero-order valence-corrected chi connectivity index (χ0v) is 18.5. The number of rotatable bonds is 5. The molecular weight excluding hydrogens is 412 g/mol. The zero-order chi connectivity index (χ0) is 21.4. The normalized spacial score (nSPS) is 20.0. The molecule has 1 N–H and O–H groups in total. The molecule has 0 radical (unpaired) electrons. The molecule has 5 rings (SSSR count). The molecule has 8 heteroatoms. The Bertz CT molecular complexity index is 1180. The van der Waals surface area contributed by atoms with Crippen LogP contribution in [0.4, 0.5) is 11.4 Å². The standard InChI is InChI=1S/C23H28N4O3S/c1-30-19-8-12-26(17-19)18-4-2-5-20(16-18)31(28,29)27-13-9-21-22(6-3-7-23(21)27)25-14-10-24-11-15-25/h2-7,9,13,16,19,24H,8,10-12,14-15,17H2,1H3/t19-/m1/s1. The van der Waals surface area contributed by atoms with Crippen LogP contribution >= 0.6 is 0 Å². The predicted molar refractivity (Wildman–Crippen MR) is 124 cm³/mol. The second kappa shape index (κ2) is 8.18. The number of methoxy groups -OCH3 is 1. The maximum absolute atomic E-state index is 13.6. The summed E-state index contributed by atoms with van der Waals surface area (Å²) in [5, 5.41) is 4.33. The van der Waals surface area contributed by atoms with E-state index in [1.54, 1.807) is 25.4 Å². The van der Waals surface area contributed by atoms with Gasteiger partial charge in [-0.2, -0.15) is 0 Å². The molecule has 3 heterocycles. The molecule has 0 spiro atoms. The first-order valence-corrected chi connectivity index (χ1v) is 12.2. The Kier molecular flexibility index (Phi) is 5.37. The Morgan fingerprint density at radius 1 is 1.00 bits per heavy atom. The monoisotopic (exact) mass is 440 g/mol. The molecule has 2 aliphatic rings. The molecule has 2 fully saturated rings. The molecule has 0 bridgehead atoms. The van der Waals surface area contributed by atoms with Crippen molar-refractivity contribution in [3.63, 3.8) is 0 Å². The number of hydrogen-bond donors (Lipinski definition) is 1. The van der Waals surface area contributed by atoms with Crippen LogP contribution in [0.25, 0.3) is 10.9 Å². The molecule has 31 heavy (non-hydrogen) atoms. The second-order valence-corrected chi connectivity index (χ2v) is 9.97. The Morgan fingerprint density at radius 2 is 1.81 bits per heavy atom. The maximum Gasteiger partial charge on any atom is 0.268 e. The largest absolute Gasteiger partial charge is 0.380 e. The molecule has 2 aromatic carbocycles. The molecule has 0 aliphatic carbocycles. The Labute approximate surface area is 183 Å². The summed E-state index contributed by atoms with van der Waals surface area (Å²) in [5.41, 5.74) is 2.71. The summed E-state index contributed by atoms with van der Waals surface area (Å²) in [6.45, 7) is 5.34. The van der Waals surface area contributed by atoms with Gasteiger partial charge in [-0.25, -0.2) is 12.4 Å². The lowest BCUT2D eigenvalue weighted by atomic mass is 10.2. The van der Waals surface area contributed by atoms with Gasteiger partial charge >= 0.3 is 0 Å². The van der Waals surface area contributed by atoms with Gasteiger partial charge in [0, 0.05) is 69.3 Å². The first kappa shape index (κ1) is 20.4. The number of piperazine rings is 1. The van der Waals surface area contributed by atoms with Crippen molar-refractivity contribution in [3.8, 4) is 0 Å². The van der Waals surface area contributed by atoms with Crippen LogP contribution < -0.4 is 15.1 Å². The van der Waals surface area contributed by atoms with Crippen molar-refractivity contribution < 1.29 is 13.2 Å². The fourth-order valence-corrected chi connectivity index (χ4v) is 6.01. The van der Waals surface area contributed by atoms with Crippen LogP contribution in [0.15, 0.2) is 59.6 Å². The molecule has 2 saturated heterocycles. The third kappa shape index (κ3) is 3.69. The van der Waals surface area contributed by atoms with Gasteiger partial charge in [0.2, 0.25) is 0 Å². The first-order valence-electron chi connectivity index (χ1n) is 10.8. The van der Waals surface area contributed by atoms with E-state index in [-0.39, 0.29) is 6.10 Å². The van der Waals surface area contributed by atoms with Gasteiger partial charge in [0.25, 0.3) is 10.0 Å². The summed E-state index contributed by atoms with van der Waals surface area (Å²) in [6.07, 6.45) is 2.82. The van der Waals surface area contributed by atoms with E-state index in [0.717, 1.165) is 62.5 Å². The highest BCUT2D eigenvalue weighted by Gasteiger charge is 2.25. The Hall–Kier alpha value is -2.55. The highest BCUT2D eigenvalue weighted by Crippen LogP contribution is 2.31. The van der Waals surface area contributed by atoms with E-state index in [1.807, 2.05) is 30.3 Å². The van der Waals surface area contributed by atoms with Crippen LogP contribution in [-0.4, -0.2) is 64.9 Å². The number of benzene rings is 2. The highest BCUT2D eigenvalue weighted by molar-refractivity contribution is 7.90. The molecule has 0 amide bonds. The maximum atomic E-state index is 13.6. The van der Waals surface area contributed by atoms with Gasteiger partial charge < -0.3 is 19.9 Å². The summed E-state index contributed by atoms with van der Waals surface area (Å²) in [7, 11) is -1.99. The second-order valence-electron chi connectivity index (χ2n) is 8.15. The molecule has 3 aromatic rings. The first-order chi connectivity index (χ1) is 15.1. The smallest absolute Gasteiger partial charge is 0.268 e. The van der Waals surface area contributed by atoms with Gasteiger partial charge in [-0.05, 0) is 42.8 Å². The number of aromatic nitrogens is 1.